The second-order valence-corrected chi connectivity index (χ2v) is 6.61. The molecule has 2 unspecified atom stereocenters. The summed E-state index contributed by atoms with van der Waals surface area (Å²) < 4.78 is 0. The van der Waals surface area contributed by atoms with Crippen molar-refractivity contribution in [3.8, 4) is 0 Å². The fourth-order valence-electron chi connectivity index (χ4n) is 2.37. The third-order valence-corrected chi connectivity index (χ3v) is 3.45. The number of amides is 1. The van der Waals surface area contributed by atoms with Gasteiger partial charge >= 0.3 is 0 Å². The van der Waals surface area contributed by atoms with E-state index >= 15 is 0 Å². The van der Waals surface area contributed by atoms with Gasteiger partial charge in [-0.2, -0.15) is 0 Å². The maximum Gasteiger partial charge on any atom is 0.237 e. The van der Waals surface area contributed by atoms with Gasteiger partial charge in [-0.3, -0.25) is 10.1 Å². The lowest BCUT2D eigenvalue weighted by molar-refractivity contribution is -0.123. The number of nitrogens with one attached hydrogen (secondary N) is 2. The predicted octanol–water partition coefficient (Wildman–Crippen LogP) is 3.45. The zero-order chi connectivity index (χ0) is 16.0. The number of carbonyl (C=O) groups excluding carboxylic acids is 1. The van der Waals surface area contributed by atoms with Gasteiger partial charge in [0.1, 0.15) is 0 Å². The van der Waals surface area contributed by atoms with Crippen LogP contribution in [0.1, 0.15) is 58.7 Å². The van der Waals surface area contributed by atoms with Gasteiger partial charge in [0.05, 0.1) is 6.04 Å². The molecule has 3 nitrogen and oxygen atoms in total. The summed E-state index contributed by atoms with van der Waals surface area (Å²) in [5.74, 6) is 0.722. The maximum atomic E-state index is 11.9. The van der Waals surface area contributed by atoms with Crippen LogP contribution in [-0.4, -0.2) is 18.0 Å². The molecule has 1 aromatic carbocycles. The van der Waals surface area contributed by atoms with E-state index in [1.807, 2.05) is 20.8 Å². The first-order chi connectivity index (χ1) is 9.79. The molecule has 0 saturated carbocycles. The van der Waals surface area contributed by atoms with E-state index in [1.165, 1.54) is 11.1 Å². The van der Waals surface area contributed by atoms with Crippen molar-refractivity contribution in [1.29, 1.82) is 0 Å². The molecule has 0 heterocycles. The monoisotopic (exact) mass is 290 g/mol. The highest BCUT2D eigenvalue weighted by atomic mass is 16.2. The first kappa shape index (κ1) is 17.7. The van der Waals surface area contributed by atoms with Gasteiger partial charge in [0.15, 0.2) is 0 Å². The SMILES string of the molecule is CC(C)Cc1ccc(C(C)NC(C)C(=O)NC(C)C)cc1. The van der Waals surface area contributed by atoms with Crippen molar-refractivity contribution in [2.75, 3.05) is 0 Å². The van der Waals surface area contributed by atoms with Crippen molar-refractivity contribution >= 4 is 5.91 Å². The van der Waals surface area contributed by atoms with Crippen LogP contribution in [-0.2, 0) is 11.2 Å². The summed E-state index contributed by atoms with van der Waals surface area (Å²) in [5.41, 5.74) is 2.58. The molecule has 0 spiro atoms. The van der Waals surface area contributed by atoms with E-state index < -0.39 is 0 Å². The molecule has 0 saturated heterocycles. The Morgan fingerprint density at radius 1 is 1.00 bits per heavy atom. The molecule has 0 bridgehead atoms. The standard InChI is InChI=1S/C18H30N2O/c1-12(2)11-16-7-9-17(10-8-16)14(5)20-15(6)18(21)19-13(3)4/h7-10,12-15,20H,11H2,1-6H3,(H,19,21). The normalized spacial score (nSPS) is 14.3. The van der Waals surface area contributed by atoms with Gasteiger partial charge in [0.2, 0.25) is 5.91 Å². The number of rotatable bonds is 7. The summed E-state index contributed by atoms with van der Waals surface area (Å²) in [6.45, 7) is 12.4. The van der Waals surface area contributed by atoms with Gasteiger partial charge in [-0.1, -0.05) is 38.1 Å². The topological polar surface area (TPSA) is 41.1 Å². The third kappa shape index (κ3) is 6.30. The molecule has 0 aliphatic carbocycles. The van der Waals surface area contributed by atoms with Gasteiger partial charge < -0.3 is 5.32 Å². The molecule has 2 N–H and O–H groups in total. The van der Waals surface area contributed by atoms with Crippen LogP contribution in [0.25, 0.3) is 0 Å². The molecule has 1 amide bonds. The van der Waals surface area contributed by atoms with E-state index in [1.54, 1.807) is 0 Å². The zero-order valence-corrected chi connectivity index (χ0v) is 14.2. The minimum Gasteiger partial charge on any atom is -0.353 e. The quantitative estimate of drug-likeness (QED) is 0.807. The Hall–Kier alpha value is -1.35. The van der Waals surface area contributed by atoms with Crippen LogP contribution in [0.4, 0.5) is 0 Å². The molecular formula is C18H30N2O. The maximum absolute atomic E-state index is 11.9. The van der Waals surface area contributed by atoms with E-state index in [0.717, 1.165) is 6.42 Å². The van der Waals surface area contributed by atoms with Crippen LogP contribution >= 0.6 is 0 Å². The van der Waals surface area contributed by atoms with Crippen LogP contribution in [0.3, 0.4) is 0 Å². The van der Waals surface area contributed by atoms with Gasteiger partial charge in [0, 0.05) is 12.1 Å². The molecule has 118 valence electrons. The van der Waals surface area contributed by atoms with Gasteiger partial charge in [-0.25, -0.2) is 0 Å². The van der Waals surface area contributed by atoms with Crippen LogP contribution in [0.15, 0.2) is 24.3 Å². The van der Waals surface area contributed by atoms with Crippen LogP contribution in [0.2, 0.25) is 0 Å². The molecule has 0 radical (unpaired) electrons. The van der Waals surface area contributed by atoms with E-state index in [4.69, 9.17) is 0 Å². The molecule has 1 aromatic rings. The van der Waals surface area contributed by atoms with Crippen LogP contribution in [0, 0.1) is 5.92 Å². The smallest absolute Gasteiger partial charge is 0.237 e. The largest absolute Gasteiger partial charge is 0.353 e. The van der Waals surface area contributed by atoms with Crippen molar-refractivity contribution in [1.82, 2.24) is 10.6 Å². The molecular weight excluding hydrogens is 260 g/mol. The van der Waals surface area contributed by atoms with Crippen molar-refractivity contribution in [2.24, 2.45) is 5.92 Å². The van der Waals surface area contributed by atoms with Crippen molar-refractivity contribution < 1.29 is 4.79 Å². The first-order valence-corrected chi connectivity index (χ1v) is 7.94. The number of benzene rings is 1. The fourth-order valence-corrected chi connectivity index (χ4v) is 2.37. The van der Waals surface area contributed by atoms with Crippen molar-refractivity contribution in [2.45, 2.75) is 66.1 Å². The van der Waals surface area contributed by atoms with Crippen molar-refractivity contribution in [3.05, 3.63) is 35.4 Å². The Labute approximate surface area is 129 Å². The molecule has 3 heteroatoms. The van der Waals surface area contributed by atoms with E-state index in [9.17, 15) is 4.79 Å². The van der Waals surface area contributed by atoms with E-state index in [2.05, 4.69) is 55.7 Å². The molecule has 1 rings (SSSR count). The Morgan fingerprint density at radius 3 is 2.05 bits per heavy atom. The lowest BCUT2D eigenvalue weighted by atomic mass is 9.99. The summed E-state index contributed by atoms with van der Waals surface area (Å²) in [4.78, 5) is 11.9. The van der Waals surface area contributed by atoms with Gasteiger partial charge in [-0.15, -0.1) is 0 Å². The summed E-state index contributed by atoms with van der Waals surface area (Å²) in [5, 5.41) is 6.28. The lowest BCUT2D eigenvalue weighted by Crippen LogP contribution is -2.45. The van der Waals surface area contributed by atoms with Gasteiger partial charge in [0.25, 0.3) is 0 Å². The van der Waals surface area contributed by atoms with Crippen LogP contribution < -0.4 is 10.6 Å². The zero-order valence-electron chi connectivity index (χ0n) is 14.2. The number of carbonyl (C=O) groups is 1. The second kappa shape index (κ2) is 8.18. The highest BCUT2D eigenvalue weighted by Gasteiger charge is 2.16. The minimum atomic E-state index is -0.197. The number of hydrogen-bond donors (Lipinski definition) is 2. The average molecular weight is 290 g/mol. The molecule has 2 atom stereocenters. The molecule has 0 aliphatic rings. The second-order valence-electron chi connectivity index (χ2n) is 6.61. The van der Waals surface area contributed by atoms with Crippen molar-refractivity contribution in [3.63, 3.8) is 0 Å². The number of hydrogen-bond acceptors (Lipinski definition) is 2. The minimum absolute atomic E-state index is 0.0493. The Balaban J connectivity index is 2.58. The highest BCUT2D eigenvalue weighted by Crippen LogP contribution is 2.16. The third-order valence-electron chi connectivity index (χ3n) is 3.45. The summed E-state index contributed by atoms with van der Waals surface area (Å²) in [7, 11) is 0. The van der Waals surface area contributed by atoms with E-state index in [0.29, 0.717) is 5.92 Å². The Morgan fingerprint density at radius 2 is 1.57 bits per heavy atom. The molecule has 0 aromatic heterocycles. The van der Waals surface area contributed by atoms with Crippen LogP contribution in [0.5, 0.6) is 0 Å². The summed E-state index contributed by atoms with van der Waals surface area (Å²) in [6.07, 6.45) is 1.11. The summed E-state index contributed by atoms with van der Waals surface area (Å²) >= 11 is 0. The van der Waals surface area contributed by atoms with E-state index in [-0.39, 0.29) is 24.0 Å². The molecule has 0 aliphatic heterocycles. The molecule has 21 heavy (non-hydrogen) atoms. The summed E-state index contributed by atoms with van der Waals surface area (Å²) in [6, 6.07) is 8.82. The fraction of sp³-hybridized carbons (Fsp3) is 0.611. The van der Waals surface area contributed by atoms with Gasteiger partial charge in [-0.05, 0) is 51.2 Å². The molecule has 0 fully saturated rings. The Bertz CT molecular complexity index is 437. The highest BCUT2D eigenvalue weighted by molar-refractivity contribution is 5.81. The first-order valence-electron chi connectivity index (χ1n) is 7.94. The predicted molar refractivity (Wildman–Crippen MR) is 89.3 cm³/mol. The Kier molecular flexibility index (Phi) is 6.90. The lowest BCUT2D eigenvalue weighted by Gasteiger charge is -2.21. The average Bonchev–Trinajstić information content (AvgIpc) is 2.37.